The molecule has 0 bridgehead atoms. The molecule has 0 spiro atoms. The van der Waals surface area contributed by atoms with Gasteiger partial charge in [-0.2, -0.15) is 0 Å². The molecule has 1 saturated carbocycles. The van der Waals surface area contributed by atoms with Gasteiger partial charge in [-0.05, 0) is 36.5 Å². The summed E-state index contributed by atoms with van der Waals surface area (Å²) in [6, 6.07) is 8.61. The molecule has 1 aromatic rings. The molecule has 2 N–H and O–H groups in total. The fourth-order valence-corrected chi connectivity index (χ4v) is 1.81. The Kier molecular flexibility index (Phi) is 5.41. The van der Waals surface area contributed by atoms with Gasteiger partial charge in [0, 0.05) is 19.1 Å². The van der Waals surface area contributed by atoms with E-state index in [1.165, 1.54) is 18.4 Å². The maximum absolute atomic E-state index is 11.6. The second-order valence-electron chi connectivity index (χ2n) is 5.79. The van der Waals surface area contributed by atoms with Crippen LogP contribution in [0, 0.1) is 5.92 Å². The Labute approximate surface area is 120 Å². The van der Waals surface area contributed by atoms with Crippen LogP contribution in [-0.2, 0) is 11.3 Å². The second-order valence-corrected chi connectivity index (χ2v) is 5.79. The Hall–Kier alpha value is -1.55. The van der Waals surface area contributed by atoms with Gasteiger partial charge in [0.05, 0.1) is 0 Å². The molecular weight excluding hydrogens is 252 g/mol. The highest BCUT2D eigenvalue weighted by molar-refractivity contribution is 5.77. The molecule has 0 atom stereocenters. The molecule has 1 aliphatic carbocycles. The van der Waals surface area contributed by atoms with E-state index < -0.39 is 0 Å². The summed E-state index contributed by atoms with van der Waals surface area (Å²) in [6.07, 6.45) is 2.57. The van der Waals surface area contributed by atoms with Gasteiger partial charge in [0.1, 0.15) is 5.75 Å². The summed E-state index contributed by atoms with van der Waals surface area (Å²) < 4.78 is 5.52. The summed E-state index contributed by atoms with van der Waals surface area (Å²) in [5.74, 6) is 1.13. The van der Waals surface area contributed by atoms with Crippen LogP contribution in [0.25, 0.3) is 0 Å². The van der Waals surface area contributed by atoms with Crippen LogP contribution in [-0.4, -0.2) is 25.1 Å². The zero-order chi connectivity index (χ0) is 14.4. The van der Waals surface area contributed by atoms with Gasteiger partial charge in [-0.3, -0.25) is 4.79 Å². The van der Waals surface area contributed by atoms with E-state index in [2.05, 4.69) is 30.5 Å². The smallest absolute Gasteiger partial charge is 0.257 e. The highest BCUT2D eigenvalue weighted by atomic mass is 16.5. The van der Waals surface area contributed by atoms with Crippen molar-refractivity contribution >= 4 is 5.91 Å². The second kappa shape index (κ2) is 7.29. The normalized spacial score (nSPS) is 14.3. The molecule has 4 heteroatoms. The third-order valence-electron chi connectivity index (χ3n) is 3.15. The van der Waals surface area contributed by atoms with Crippen LogP contribution >= 0.6 is 0 Å². The first-order valence-electron chi connectivity index (χ1n) is 7.35. The van der Waals surface area contributed by atoms with Crippen LogP contribution in [0.5, 0.6) is 5.75 Å². The van der Waals surface area contributed by atoms with Crippen molar-refractivity contribution in [2.75, 3.05) is 13.2 Å². The molecule has 20 heavy (non-hydrogen) atoms. The molecule has 4 nitrogen and oxygen atoms in total. The van der Waals surface area contributed by atoms with Gasteiger partial charge in [0.15, 0.2) is 6.61 Å². The fraction of sp³-hybridized carbons (Fsp3) is 0.562. The molecule has 0 heterocycles. The van der Waals surface area contributed by atoms with Gasteiger partial charge in [-0.25, -0.2) is 0 Å². The first-order chi connectivity index (χ1) is 9.63. The predicted molar refractivity (Wildman–Crippen MR) is 79.6 cm³/mol. The van der Waals surface area contributed by atoms with Crippen molar-refractivity contribution in [2.45, 2.75) is 39.3 Å². The Balaban J connectivity index is 1.73. The summed E-state index contributed by atoms with van der Waals surface area (Å²) in [7, 11) is 0. The van der Waals surface area contributed by atoms with Gasteiger partial charge >= 0.3 is 0 Å². The fourth-order valence-electron chi connectivity index (χ4n) is 1.81. The topological polar surface area (TPSA) is 50.4 Å². The molecular formula is C16H24N2O2. The lowest BCUT2D eigenvalue weighted by molar-refractivity contribution is -0.123. The Morgan fingerprint density at radius 2 is 2.20 bits per heavy atom. The summed E-state index contributed by atoms with van der Waals surface area (Å²) in [5, 5.41) is 6.30. The predicted octanol–water partition coefficient (Wildman–Crippen LogP) is 2.09. The minimum absolute atomic E-state index is 0.0693. The van der Waals surface area contributed by atoms with E-state index in [1.807, 2.05) is 18.2 Å². The number of amides is 1. The molecule has 0 radical (unpaired) electrons. The molecule has 0 unspecified atom stereocenters. The Bertz CT molecular complexity index is 442. The lowest BCUT2D eigenvalue weighted by atomic mass is 10.2. The van der Waals surface area contributed by atoms with Crippen LogP contribution < -0.4 is 15.4 Å². The SMILES string of the molecule is CC(C)CNC(=O)COc1cccc(CNC2CC2)c1. The molecule has 0 saturated heterocycles. The number of ether oxygens (including phenoxy) is 1. The van der Waals surface area contributed by atoms with Crippen molar-refractivity contribution in [3.05, 3.63) is 29.8 Å². The number of carbonyl (C=O) groups excluding carboxylic acids is 1. The monoisotopic (exact) mass is 276 g/mol. The van der Waals surface area contributed by atoms with E-state index >= 15 is 0 Å². The van der Waals surface area contributed by atoms with E-state index in [9.17, 15) is 4.79 Å². The minimum atomic E-state index is -0.0693. The van der Waals surface area contributed by atoms with Gasteiger partial charge in [0.2, 0.25) is 0 Å². The highest BCUT2D eigenvalue weighted by Gasteiger charge is 2.19. The average Bonchev–Trinajstić information content (AvgIpc) is 3.25. The number of hydrogen-bond acceptors (Lipinski definition) is 3. The molecule has 2 rings (SSSR count). The summed E-state index contributed by atoms with van der Waals surface area (Å²) in [6.45, 7) is 5.76. The van der Waals surface area contributed by atoms with Gasteiger partial charge in [-0.1, -0.05) is 26.0 Å². The molecule has 1 aromatic carbocycles. The summed E-state index contributed by atoms with van der Waals surface area (Å²) >= 11 is 0. The maximum Gasteiger partial charge on any atom is 0.257 e. The van der Waals surface area contributed by atoms with Gasteiger partial charge in [0.25, 0.3) is 5.91 Å². The van der Waals surface area contributed by atoms with E-state index in [0.717, 1.165) is 12.3 Å². The standard InChI is InChI=1S/C16H24N2O2/c1-12(2)9-18-16(19)11-20-15-5-3-4-13(8-15)10-17-14-6-7-14/h3-5,8,12,14,17H,6-7,9-11H2,1-2H3,(H,18,19). The van der Waals surface area contributed by atoms with Crippen LogP contribution in [0.2, 0.25) is 0 Å². The molecule has 0 aliphatic heterocycles. The molecule has 1 fully saturated rings. The number of benzene rings is 1. The summed E-state index contributed by atoms with van der Waals surface area (Å²) in [4.78, 5) is 11.6. The van der Waals surface area contributed by atoms with E-state index in [-0.39, 0.29) is 12.5 Å². The van der Waals surface area contributed by atoms with Crippen molar-refractivity contribution in [1.29, 1.82) is 0 Å². The highest BCUT2D eigenvalue weighted by Crippen LogP contribution is 2.20. The van der Waals surface area contributed by atoms with Crippen LogP contribution in [0.3, 0.4) is 0 Å². The number of rotatable bonds is 8. The number of nitrogens with one attached hydrogen (secondary N) is 2. The molecule has 1 aliphatic rings. The van der Waals surface area contributed by atoms with Gasteiger partial charge in [-0.15, -0.1) is 0 Å². The Morgan fingerprint density at radius 1 is 1.40 bits per heavy atom. The zero-order valence-electron chi connectivity index (χ0n) is 12.3. The minimum Gasteiger partial charge on any atom is -0.484 e. The van der Waals surface area contributed by atoms with Crippen molar-refractivity contribution in [3.63, 3.8) is 0 Å². The van der Waals surface area contributed by atoms with Gasteiger partial charge < -0.3 is 15.4 Å². The largest absolute Gasteiger partial charge is 0.484 e. The first-order valence-corrected chi connectivity index (χ1v) is 7.35. The van der Waals surface area contributed by atoms with E-state index in [1.54, 1.807) is 0 Å². The lowest BCUT2D eigenvalue weighted by Gasteiger charge is -2.10. The van der Waals surface area contributed by atoms with E-state index in [4.69, 9.17) is 4.74 Å². The zero-order valence-corrected chi connectivity index (χ0v) is 12.3. The third kappa shape index (κ3) is 5.61. The van der Waals surface area contributed by atoms with Crippen molar-refractivity contribution in [3.8, 4) is 5.75 Å². The van der Waals surface area contributed by atoms with Crippen molar-refractivity contribution in [1.82, 2.24) is 10.6 Å². The van der Waals surface area contributed by atoms with E-state index in [0.29, 0.717) is 18.5 Å². The first kappa shape index (κ1) is 14.9. The van der Waals surface area contributed by atoms with Crippen LogP contribution in [0.15, 0.2) is 24.3 Å². The number of hydrogen-bond donors (Lipinski definition) is 2. The quantitative estimate of drug-likeness (QED) is 0.764. The molecule has 110 valence electrons. The van der Waals surface area contributed by atoms with Crippen LogP contribution in [0.4, 0.5) is 0 Å². The van der Waals surface area contributed by atoms with Crippen LogP contribution in [0.1, 0.15) is 32.3 Å². The summed E-state index contributed by atoms with van der Waals surface area (Å²) in [5.41, 5.74) is 1.19. The van der Waals surface area contributed by atoms with Crippen molar-refractivity contribution < 1.29 is 9.53 Å². The Morgan fingerprint density at radius 3 is 2.90 bits per heavy atom. The number of carbonyl (C=O) groups is 1. The van der Waals surface area contributed by atoms with Crippen molar-refractivity contribution in [2.24, 2.45) is 5.92 Å². The lowest BCUT2D eigenvalue weighted by Crippen LogP contribution is -2.31. The average molecular weight is 276 g/mol. The molecule has 0 aromatic heterocycles. The third-order valence-corrected chi connectivity index (χ3v) is 3.15. The molecule has 1 amide bonds. The maximum atomic E-state index is 11.6.